The summed E-state index contributed by atoms with van der Waals surface area (Å²) < 4.78 is 1.99. The van der Waals surface area contributed by atoms with Crippen molar-refractivity contribution in [1.29, 1.82) is 0 Å². The number of guanidine groups is 1. The predicted molar refractivity (Wildman–Crippen MR) is 110 cm³/mol. The zero-order valence-corrected chi connectivity index (χ0v) is 17.9. The van der Waals surface area contributed by atoms with Gasteiger partial charge >= 0.3 is 0 Å². The fraction of sp³-hybridized carbons (Fsp3) is 0.824. The molecule has 0 saturated heterocycles. The molecule has 1 saturated carbocycles. The third-order valence-corrected chi connectivity index (χ3v) is 5.18. The first-order chi connectivity index (χ1) is 11.1. The average molecular weight is 448 g/mol. The van der Waals surface area contributed by atoms with Gasteiger partial charge in [-0.05, 0) is 38.0 Å². The molecule has 0 spiro atoms. The van der Waals surface area contributed by atoms with E-state index in [0.29, 0.717) is 12.0 Å². The first-order valence-electron chi connectivity index (χ1n) is 8.97. The lowest BCUT2D eigenvalue weighted by Crippen LogP contribution is -2.46. The highest BCUT2D eigenvalue weighted by Gasteiger charge is 2.34. The molecule has 138 valence electrons. The van der Waals surface area contributed by atoms with Crippen LogP contribution in [0.25, 0.3) is 0 Å². The van der Waals surface area contributed by atoms with Gasteiger partial charge in [0.05, 0.1) is 0 Å². The van der Waals surface area contributed by atoms with Crippen molar-refractivity contribution in [2.45, 2.75) is 65.8 Å². The molecule has 7 heteroatoms. The largest absolute Gasteiger partial charge is 0.356 e. The Kier molecular flexibility index (Phi) is 9.01. The van der Waals surface area contributed by atoms with Gasteiger partial charge in [0.25, 0.3) is 0 Å². The molecule has 2 rings (SSSR count). The Labute approximate surface area is 163 Å². The minimum absolute atomic E-state index is 0. The second-order valence-corrected chi connectivity index (χ2v) is 6.73. The second kappa shape index (κ2) is 10.2. The van der Waals surface area contributed by atoms with Crippen LogP contribution < -0.4 is 10.6 Å². The maximum atomic E-state index is 4.71. The highest BCUT2D eigenvalue weighted by Crippen LogP contribution is 2.42. The summed E-state index contributed by atoms with van der Waals surface area (Å²) in [6.45, 7) is 8.98. The molecule has 0 aliphatic heterocycles. The van der Waals surface area contributed by atoms with Gasteiger partial charge in [0, 0.05) is 20.1 Å². The summed E-state index contributed by atoms with van der Waals surface area (Å²) in [6, 6.07) is 0. The monoisotopic (exact) mass is 448 g/mol. The lowest BCUT2D eigenvalue weighted by atomic mass is 9.67. The topological polar surface area (TPSA) is 67.1 Å². The van der Waals surface area contributed by atoms with E-state index in [-0.39, 0.29) is 24.0 Å². The van der Waals surface area contributed by atoms with Crippen LogP contribution in [0.3, 0.4) is 0 Å². The number of nitrogens with one attached hydrogen (secondary N) is 2. The first-order valence-corrected chi connectivity index (χ1v) is 8.97. The van der Waals surface area contributed by atoms with E-state index in [1.807, 2.05) is 18.5 Å². The molecule has 1 fully saturated rings. The quantitative estimate of drug-likeness (QED) is 0.278. The van der Waals surface area contributed by atoms with Crippen molar-refractivity contribution >= 4 is 29.9 Å². The van der Waals surface area contributed by atoms with Crippen molar-refractivity contribution in [2.24, 2.45) is 17.5 Å². The van der Waals surface area contributed by atoms with Gasteiger partial charge in [0.15, 0.2) is 11.8 Å². The molecular formula is C17H33IN6. The van der Waals surface area contributed by atoms with Gasteiger partial charge in [0.1, 0.15) is 12.4 Å². The van der Waals surface area contributed by atoms with Gasteiger partial charge in [-0.25, -0.2) is 4.99 Å². The third-order valence-electron chi connectivity index (χ3n) is 5.18. The van der Waals surface area contributed by atoms with Gasteiger partial charge in [-0.15, -0.1) is 34.2 Å². The van der Waals surface area contributed by atoms with Crippen LogP contribution in [0, 0.1) is 12.3 Å². The smallest absolute Gasteiger partial charge is 0.191 e. The fourth-order valence-electron chi connectivity index (χ4n) is 2.90. The maximum absolute atomic E-state index is 4.71. The van der Waals surface area contributed by atoms with Gasteiger partial charge < -0.3 is 15.2 Å². The van der Waals surface area contributed by atoms with E-state index in [2.05, 4.69) is 34.7 Å². The summed E-state index contributed by atoms with van der Waals surface area (Å²) >= 11 is 0. The first kappa shape index (κ1) is 21.2. The second-order valence-electron chi connectivity index (χ2n) is 6.73. The Bertz CT molecular complexity index is 516. The number of halogens is 1. The van der Waals surface area contributed by atoms with Crippen LogP contribution in [0.4, 0.5) is 0 Å². The molecule has 1 aromatic heterocycles. The van der Waals surface area contributed by atoms with E-state index in [9.17, 15) is 0 Å². The predicted octanol–water partition coefficient (Wildman–Crippen LogP) is 3.16. The molecular weight excluding hydrogens is 415 g/mol. The summed E-state index contributed by atoms with van der Waals surface area (Å²) in [4.78, 5) is 4.71. The van der Waals surface area contributed by atoms with E-state index < -0.39 is 0 Å². The number of hydrogen-bond acceptors (Lipinski definition) is 3. The molecule has 1 aliphatic carbocycles. The molecule has 1 heterocycles. The van der Waals surface area contributed by atoms with Crippen molar-refractivity contribution in [1.82, 2.24) is 25.4 Å². The van der Waals surface area contributed by atoms with Crippen LogP contribution in [0.2, 0.25) is 0 Å². The Balaban J connectivity index is 0.00000288. The average Bonchev–Trinajstić information content (AvgIpc) is 2.83. The highest BCUT2D eigenvalue weighted by atomic mass is 127. The Morgan fingerprint density at radius 3 is 2.50 bits per heavy atom. The van der Waals surface area contributed by atoms with Crippen LogP contribution in [0.15, 0.2) is 4.99 Å². The summed E-state index contributed by atoms with van der Waals surface area (Å²) in [7, 11) is 1.98. The molecule has 2 N–H and O–H groups in total. The molecule has 0 atom stereocenters. The number of aryl methyl sites for hydroxylation is 1. The Morgan fingerprint density at radius 2 is 2.00 bits per heavy atom. The van der Waals surface area contributed by atoms with Crippen molar-refractivity contribution in [3.63, 3.8) is 0 Å². The van der Waals surface area contributed by atoms with Crippen LogP contribution >= 0.6 is 24.0 Å². The SMILES string of the molecule is CCCCNC(=NCc1nnc(C)n1C)NCC1(CC)CCC1.I. The highest BCUT2D eigenvalue weighted by molar-refractivity contribution is 14.0. The zero-order valence-electron chi connectivity index (χ0n) is 15.6. The Morgan fingerprint density at radius 1 is 1.25 bits per heavy atom. The lowest BCUT2D eigenvalue weighted by Gasteiger charge is -2.41. The van der Waals surface area contributed by atoms with Crippen LogP contribution in [-0.2, 0) is 13.6 Å². The standard InChI is InChI=1S/C17H32N6.HI/c1-5-7-11-18-16(20-13-17(6-2)9-8-10-17)19-12-15-22-21-14(3)23(15)4;/h5-13H2,1-4H3,(H2,18,19,20);1H. The van der Waals surface area contributed by atoms with Crippen molar-refractivity contribution in [3.05, 3.63) is 11.6 Å². The van der Waals surface area contributed by atoms with E-state index in [4.69, 9.17) is 4.99 Å². The number of hydrogen-bond donors (Lipinski definition) is 2. The van der Waals surface area contributed by atoms with Crippen LogP contribution in [-0.4, -0.2) is 33.8 Å². The maximum Gasteiger partial charge on any atom is 0.191 e. The number of aromatic nitrogens is 3. The Hall–Kier alpha value is -0.860. The normalized spacial score (nSPS) is 16.2. The van der Waals surface area contributed by atoms with Crippen molar-refractivity contribution in [2.75, 3.05) is 13.1 Å². The lowest BCUT2D eigenvalue weighted by molar-refractivity contribution is 0.131. The molecule has 1 aromatic rings. The molecule has 0 amide bonds. The van der Waals surface area contributed by atoms with E-state index in [1.54, 1.807) is 0 Å². The molecule has 24 heavy (non-hydrogen) atoms. The van der Waals surface area contributed by atoms with Gasteiger partial charge in [-0.3, -0.25) is 0 Å². The van der Waals surface area contributed by atoms with Crippen molar-refractivity contribution in [3.8, 4) is 0 Å². The molecule has 1 aliphatic rings. The molecule has 0 aromatic carbocycles. The number of nitrogens with zero attached hydrogens (tertiary/aromatic N) is 4. The summed E-state index contributed by atoms with van der Waals surface area (Å²) in [6.07, 6.45) is 7.61. The summed E-state index contributed by atoms with van der Waals surface area (Å²) in [5, 5.41) is 15.3. The molecule has 0 bridgehead atoms. The van der Waals surface area contributed by atoms with E-state index >= 15 is 0 Å². The van der Waals surface area contributed by atoms with Gasteiger partial charge in [-0.1, -0.05) is 26.7 Å². The minimum atomic E-state index is 0. The molecule has 0 radical (unpaired) electrons. The fourth-order valence-corrected chi connectivity index (χ4v) is 2.90. The van der Waals surface area contributed by atoms with Crippen LogP contribution in [0.5, 0.6) is 0 Å². The van der Waals surface area contributed by atoms with E-state index in [1.165, 1.54) is 32.1 Å². The molecule has 6 nitrogen and oxygen atoms in total. The number of unbranched alkanes of at least 4 members (excludes halogenated alkanes) is 1. The van der Waals surface area contributed by atoms with Crippen molar-refractivity contribution < 1.29 is 0 Å². The summed E-state index contributed by atoms with van der Waals surface area (Å²) in [5.41, 5.74) is 0.481. The minimum Gasteiger partial charge on any atom is -0.356 e. The van der Waals surface area contributed by atoms with E-state index in [0.717, 1.165) is 37.1 Å². The van der Waals surface area contributed by atoms with Crippen LogP contribution in [0.1, 0.15) is 64.0 Å². The van der Waals surface area contributed by atoms with Gasteiger partial charge in [0.2, 0.25) is 0 Å². The summed E-state index contributed by atoms with van der Waals surface area (Å²) in [5.74, 6) is 2.72. The molecule has 0 unspecified atom stereocenters. The third kappa shape index (κ3) is 5.60. The van der Waals surface area contributed by atoms with Gasteiger partial charge in [-0.2, -0.15) is 0 Å². The number of rotatable bonds is 8. The zero-order chi connectivity index (χ0) is 16.7. The number of aliphatic imine (C=N–C) groups is 1.